The van der Waals surface area contributed by atoms with Gasteiger partial charge in [-0.1, -0.05) is 0 Å². The third-order valence-electron chi connectivity index (χ3n) is 6.03. The number of carbonyl (C=O) groups is 3. The Hall–Kier alpha value is -2.80. The van der Waals surface area contributed by atoms with E-state index in [4.69, 9.17) is 26.7 Å². The SMILES string of the molecule is CNCCCC(N)CC(=O)NC1C(NC2=NC(C(=O)O)C(C(O)CN)N2)OC(CO)C(OC(N)=O)C1O. The lowest BCUT2D eigenvalue weighted by atomic mass is 9.95. The van der Waals surface area contributed by atoms with Crippen LogP contribution in [-0.4, -0.2) is 126 Å². The third-order valence-corrected chi connectivity index (χ3v) is 6.03. The Balaban J connectivity index is 2.23. The predicted molar refractivity (Wildman–Crippen MR) is 128 cm³/mol. The first-order valence-electron chi connectivity index (χ1n) is 11.8. The summed E-state index contributed by atoms with van der Waals surface area (Å²) in [5.41, 5.74) is 16.6. The van der Waals surface area contributed by atoms with Gasteiger partial charge in [-0.15, -0.1) is 0 Å². The number of carboxylic acids is 1. The normalized spacial score (nSPS) is 31.0. The number of hydrogen-bond acceptors (Lipinski definition) is 14. The standard InChI is InChI=1S/C20H38N8O9/c1-24-4-2-3-8(22)5-11(31)25-14-15(32)16(37-19(23)35)10(7-29)36-17(14)28-20-26-12(9(30)6-21)13(27-20)18(33)34/h8-10,12-17,24,29-30,32H,2-7,21-22H2,1H3,(H2,23,35)(H,25,31)(H,33,34)(H2,26,27,28). The zero-order chi connectivity index (χ0) is 27.7. The minimum Gasteiger partial charge on any atom is -0.480 e. The van der Waals surface area contributed by atoms with Gasteiger partial charge in [-0.25, -0.2) is 14.6 Å². The topological polar surface area (TPSA) is 289 Å². The summed E-state index contributed by atoms with van der Waals surface area (Å²) in [7, 11) is 1.79. The number of aliphatic hydroxyl groups is 3. The molecule has 0 aromatic rings. The van der Waals surface area contributed by atoms with E-state index in [1.807, 2.05) is 0 Å². The number of aliphatic imine (C=N–C) groups is 1. The van der Waals surface area contributed by atoms with Crippen molar-refractivity contribution in [3.8, 4) is 0 Å². The number of hydrogen-bond donors (Lipinski definition) is 11. The molecule has 0 radical (unpaired) electrons. The summed E-state index contributed by atoms with van der Waals surface area (Å²) in [4.78, 5) is 39.7. The number of aliphatic hydroxyl groups excluding tert-OH is 3. The summed E-state index contributed by atoms with van der Waals surface area (Å²) >= 11 is 0. The minimum absolute atomic E-state index is 0.0878. The van der Waals surface area contributed by atoms with E-state index in [-0.39, 0.29) is 18.9 Å². The van der Waals surface area contributed by atoms with Gasteiger partial charge in [0, 0.05) is 19.0 Å². The van der Waals surface area contributed by atoms with Gasteiger partial charge in [-0.3, -0.25) is 4.79 Å². The molecule has 0 spiro atoms. The maximum absolute atomic E-state index is 12.7. The van der Waals surface area contributed by atoms with Crippen LogP contribution in [-0.2, 0) is 19.1 Å². The first kappa shape index (κ1) is 30.4. The highest BCUT2D eigenvalue weighted by Gasteiger charge is 2.49. The van der Waals surface area contributed by atoms with Gasteiger partial charge < -0.3 is 68.4 Å². The lowest BCUT2D eigenvalue weighted by molar-refractivity contribution is -0.198. The maximum atomic E-state index is 12.7. The number of primary amides is 1. The Morgan fingerprint density at radius 3 is 2.59 bits per heavy atom. The Kier molecular flexibility index (Phi) is 11.7. The second kappa shape index (κ2) is 14.2. The fourth-order valence-electron chi connectivity index (χ4n) is 4.16. The van der Waals surface area contributed by atoms with Crippen LogP contribution in [0.25, 0.3) is 0 Å². The molecule has 0 aromatic carbocycles. The number of aliphatic carboxylic acids is 1. The number of rotatable bonds is 13. The van der Waals surface area contributed by atoms with Crippen molar-refractivity contribution in [1.29, 1.82) is 0 Å². The molecule has 2 aliphatic rings. The highest BCUT2D eigenvalue weighted by atomic mass is 16.6. The first-order chi connectivity index (χ1) is 17.5. The molecule has 1 saturated heterocycles. The predicted octanol–water partition coefficient (Wildman–Crippen LogP) is -5.58. The summed E-state index contributed by atoms with van der Waals surface area (Å²) in [6.07, 6.45) is -6.88. The van der Waals surface area contributed by atoms with Gasteiger partial charge in [0.05, 0.1) is 18.8 Å². The fourth-order valence-corrected chi connectivity index (χ4v) is 4.16. The van der Waals surface area contributed by atoms with Crippen LogP contribution < -0.4 is 38.5 Å². The van der Waals surface area contributed by atoms with Crippen molar-refractivity contribution in [2.45, 2.75) is 74.1 Å². The van der Waals surface area contributed by atoms with Gasteiger partial charge in [0.1, 0.15) is 18.2 Å². The second-order valence-electron chi connectivity index (χ2n) is 8.85. The van der Waals surface area contributed by atoms with Crippen molar-refractivity contribution in [3.05, 3.63) is 0 Å². The number of nitrogens with one attached hydrogen (secondary N) is 4. The molecule has 0 bridgehead atoms. The number of nitrogens with zero attached hydrogens (tertiary/aromatic N) is 1. The molecule has 9 unspecified atom stereocenters. The number of guanidine groups is 1. The van der Waals surface area contributed by atoms with E-state index >= 15 is 0 Å². The largest absolute Gasteiger partial charge is 0.480 e. The van der Waals surface area contributed by atoms with E-state index in [9.17, 15) is 34.8 Å². The molecule has 0 aromatic heterocycles. The van der Waals surface area contributed by atoms with Crippen molar-refractivity contribution < 1.29 is 44.3 Å². The van der Waals surface area contributed by atoms with E-state index in [2.05, 4.69) is 26.3 Å². The molecular formula is C20H38N8O9. The number of ether oxygens (including phenoxy) is 2. The van der Waals surface area contributed by atoms with Gasteiger partial charge in [-0.05, 0) is 26.4 Å². The number of amides is 2. The smallest absolute Gasteiger partial charge is 0.404 e. The van der Waals surface area contributed by atoms with Gasteiger partial charge in [-0.2, -0.15) is 0 Å². The molecule has 14 N–H and O–H groups in total. The van der Waals surface area contributed by atoms with Crippen molar-refractivity contribution in [2.75, 3.05) is 26.7 Å². The molecule has 2 heterocycles. The van der Waals surface area contributed by atoms with E-state index < -0.39 is 79.4 Å². The monoisotopic (exact) mass is 534 g/mol. The van der Waals surface area contributed by atoms with E-state index in [0.717, 1.165) is 13.0 Å². The zero-order valence-corrected chi connectivity index (χ0v) is 20.4. The van der Waals surface area contributed by atoms with Crippen molar-refractivity contribution >= 4 is 23.9 Å². The quantitative estimate of drug-likeness (QED) is 0.0982. The highest BCUT2D eigenvalue weighted by Crippen LogP contribution is 2.24. The number of carboxylic acid groups (broad SMARTS) is 1. The Morgan fingerprint density at radius 1 is 1.32 bits per heavy atom. The summed E-state index contributed by atoms with van der Waals surface area (Å²) < 4.78 is 10.7. The van der Waals surface area contributed by atoms with Crippen molar-refractivity contribution in [2.24, 2.45) is 22.2 Å². The Bertz CT molecular complexity index is 819. The van der Waals surface area contributed by atoms with Crippen LogP contribution in [0.5, 0.6) is 0 Å². The third kappa shape index (κ3) is 8.35. The molecular weight excluding hydrogens is 496 g/mol. The molecule has 17 nitrogen and oxygen atoms in total. The fraction of sp³-hybridized carbons (Fsp3) is 0.800. The molecule has 1 fully saturated rings. The molecule has 212 valence electrons. The maximum Gasteiger partial charge on any atom is 0.404 e. The van der Waals surface area contributed by atoms with Crippen molar-refractivity contribution in [3.63, 3.8) is 0 Å². The molecule has 2 amide bonds. The van der Waals surface area contributed by atoms with Crippen LogP contribution in [0.15, 0.2) is 4.99 Å². The summed E-state index contributed by atoms with van der Waals surface area (Å²) in [6, 6.07) is -4.21. The van der Waals surface area contributed by atoms with Crippen LogP contribution in [0.1, 0.15) is 19.3 Å². The average molecular weight is 535 g/mol. The number of carbonyl (C=O) groups excluding carboxylic acids is 2. The van der Waals surface area contributed by atoms with E-state index in [1.165, 1.54) is 0 Å². The summed E-state index contributed by atoms with van der Waals surface area (Å²) in [5, 5.41) is 51.3. The van der Waals surface area contributed by atoms with Crippen LogP contribution in [0, 0.1) is 0 Å². The van der Waals surface area contributed by atoms with Crippen LogP contribution >= 0.6 is 0 Å². The summed E-state index contributed by atoms with van der Waals surface area (Å²) in [6.45, 7) is -0.220. The molecule has 9 atom stereocenters. The Morgan fingerprint density at radius 2 is 2.03 bits per heavy atom. The van der Waals surface area contributed by atoms with Crippen LogP contribution in [0.4, 0.5) is 4.79 Å². The van der Waals surface area contributed by atoms with E-state index in [0.29, 0.717) is 6.42 Å². The molecule has 37 heavy (non-hydrogen) atoms. The van der Waals surface area contributed by atoms with Crippen LogP contribution in [0.2, 0.25) is 0 Å². The molecule has 2 rings (SSSR count). The first-order valence-corrected chi connectivity index (χ1v) is 11.8. The highest BCUT2D eigenvalue weighted by molar-refractivity contribution is 5.89. The van der Waals surface area contributed by atoms with Crippen molar-refractivity contribution in [1.82, 2.24) is 21.3 Å². The van der Waals surface area contributed by atoms with Gasteiger partial charge in [0.15, 0.2) is 24.3 Å². The Labute approximate surface area is 213 Å². The lowest BCUT2D eigenvalue weighted by Crippen LogP contribution is -2.69. The molecule has 2 aliphatic heterocycles. The molecule has 0 aliphatic carbocycles. The molecule has 0 saturated carbocycles. The van der Waals surface area contributed by atoms with E-state index in [1.54, 1.807) is 7.05 Å². The zero-order valence-electron chi connectivity index (χ0n) is 20.4. The average Bonchev–Trinajstić information content (AvgIpc) is 3.26. The minimum atomic E-state index is -1.61. The van der Waals surface area contributed by atoms with Gasteiger partial charge in [0.2, 0.25) is 5.91 Å². The summed E-state index contributed by atoms with van der Waals surface area (Å²) in [5.74, 6) is -2.00. The lowest BCUT2D eigenvalue weighted by Gasteiger charge is -2.44. The van der Waals surface area contributed by atoms with Crippen LogP contribution in [0.3, 0.4) is 0 Å². The number of nitrogens with two attached hydrogens (primary N) is 3. The molecule has 17 heteroatoms. The van der Waals surface area contributed by atoms with Gasteiger partial charge in [0.25, 0.3) is 0 Å². The van der Waals surface area contributed by atoms with Gasteiger partial charge >= 0.3 is 12.1 Å². The second-order valence-corrected chi connectivity index (χ2v) is 8.85.